The van der Waals surface area contributed by atoms with Crippen LogP contribution < -0.4 is 5.73 Å². The Morgan fingerprint density at radius 3 is 2.05 bits per heavy atom. The van der Waals surface area contributed by atoms with Crippen LogP contribution in [-0.2, 0) is 6.42 Å². The third kappa shape index (κ3) is 3.93. The third-order valence-corrected chi connectivity index (χ3v) is 4.34. The molecule has 0 amide bonds. The number of nitrogens with two attached hydrogens (primary N) is 1. The van der Waals surface area contributed by atoms with Gasteiger partial charge in [-0.15, -0.1) is 0 Å². The number of halogens is 5. The highest BCUT2D eigenvalue weighted by molar-refractivity contribution is 5.20. The predicted molar refractivity (Wildman–Crippen MR) is 69.5 cm³/mol. The van der Waals surface area contributed by atoms with Gasteiger partial charge in [-0.2, -0.15) is 13.2 Å². The summed E-state index contributed by atoms with van der Waals surface area (Å²) in [6.45, 7) is 0. The van der Waals surface area contributed by atoms with Crippen LogP contribution >= 0.6 is 0 Å². The van der Waals surface area contributed by atoms with Crippen LogP contribution in [0.25, 0.3) is 0 Å². The van der Waals surface area contributed by atoms with Crippen LogP contribution in [0.5, 0.6) is 0 Å². The van der Waals surface area contributed by atoms with Gasteiger partial charge < -0.3 is 5.73 Å². The van der Waals surface area contributed by atoms with Crippen molar-refractivity contribution in [1.82, 2.24) is 0 Å². The molecule has 0 saturated heterocycles. The molecule has 0 aliphatic heterocycles. The number of benzene rings is 1. The maximum absolute atomic E-state index is 13.6. The average Bonchev–Trinajstić information content (AvgIpc) is 2.42. The first-order valence-corrected chi connectivity index (χ1v) is 7.04. The van der Waals surface area contributed by atoms with Crippen molar-refractivity contribution in [1.29, 1.82) is 0 Å². The highest BCUT2D eigenvalue weighted by Crippen LogP contribution is 2.40. The second kappa shape index (κ2) is 6.30. The van der Waals surface area contributed by atoms with Gasteiger partial charge in [-0.3, -0.25) is 0 Å². The van der Waals surface area contributed by atoms with Gasteiger partial charge in [0.2, 0.25) is 0 Å². The molecule has 1 aliphatic rings. The molecule has 2 rings (SSSR count). The third-order valence-electron chi connectivity index (χ3n) is 4.34. The van der Waals surface area contributed by atoms with Crippen molar-refractivity contribution >= 4 is 0 Å². The molecule has 2 N–H and O–H groups in total. The van der Waals surface area contributed by atoms with Gasteiger partial charge in [-0.1, -0.05) is 6.07 Å². The van der Waals surface area contributed by atoms with Crippen LogP contribution in [0.1, 0.15) is 31.2 Å². The van der Waals surface area contributed by atoms with Crippen LogP contribution in [0.2, 0.25) is 0 Å². The summed E-state index contributed by atoms with van der Waals surface area (Å²) in [5.74, 6) is -2.71. The van der Waals surface area contributed by atoms with Gasteiger partial charge in [-0.25, -0.2) is 8.78 Å². The molecule has 0 radical (unpaired) electrons. The van der Waals surface area contributed by atoms with Crippen LogP contribution in [0.15, 0.2) is 18.2 Å². The first kappa shape index (κ1) is 16.2. The summed E-state index contributed by atoms with van der Waals surface area (Å²) in [6, 6.07) is 3.07. The minimum absolute atomic E-state index is 0.0137. The summed E-state index contributed by atoms with van der Waals surface area (Å²) < 4.78 is 64.9. The zero-order valence-electron chi connectivity index (χ0n) is 11.5. The molecular formula is C15H18F5N. The highest BCUT2D eigenvalue weighted by Gasteiger charge is 2.42. The highest BCUT2D eigenvalue weighted by atomic mass is 19.4. The van der Waals surface area contributed by atoms with Crippen molar-refractivity contribution in [3.8, 4) is 0 Å². The summed E-state index contributed by atoms with van der Waals surface area (Å²) in [6.07, 6.45) is -3.36. The second-order valence-corrected chi connectivity index (χ2v) is 5.72. The van der Waals surface area contributed by atoms with Crippen LogP contribution in [0.4, 0.5) is 22.0 Å². The van der Waals surface area contributed by atoms with Crippen molar-refractivity contribution < 1.29 is 22.0 Å². The van der Waals surface area contributed by atoms with E-state index in [-0.39, 0.29) is 30.7 Å². The minimum Gasteiger partial charge on any atom is -0.327 e. The molecule has 0 aromatic heterocycles. The van der Waals surface area contributed by atoms with E-state index in [1.165, 1.54) is 6.07 Å². The maximum Gasteiger partial charge on any atom is 0.391 e. The van der Waals surface area contributed by atoms with E-state index in [2.05, 4.69) is 0 Å². The molecule has 0 heterocycles. The number of rotatable bonds is 3. The van der Waals surface area contributed by atoms with Crippen molar-refractivity contribution in [2.24, 2.45) is 17.6 Å². The van der Waals surface area contributed by atoms with E-state index in [1.54, 1.807) is 0 Å². The lowest BCUT2D eigenvalue weighted by Crippen LogP contribution is -2.37. The van der Waals surface area contributed by atoms with Gasteiger partial charge in [0.05, 0.1) is 5.92 Å². The predicted octanol–water partition coefficient (Wildman–Crippen LogP) is 4.20. The summed E-state index contributed by atoms with van der Waals surface area (Å²) >= 11 is 0. The van der Waals surface area contributed by atoms with Crippen LogP contribution in [-0.4, -0.2) is 12.2 Å². The van der Waals surface area contributed by atoms with Crippen molar-refractivity contribution in [2.45, 2.75) is 44.3 Å². The lowest BCUT2D eigenvalue weighted by atomic mass is 9.77. The minimum atomic E-state index is -4.16. The molecule has 1 saturated carbocycles. The Balaban J connectivity index is 1.95. The average molecular weight is 307 g/mol. The Morgan fingerprint density at radius 1 is 1.05 bits per heavy atom. The molecule has 1 fully saturated rings. The molecule has 1 aliphatic carbocycles. The lowest BCUT2D eigenvalue weighted by molar-refractivity contribution is -0.184. The Hall–Kier alpha value is -1.17. The standard InChI is InChI=1S/C15H18F5N/c16-12-2-1-3-13(17)11(12)8-14(21)9-4-6-10(7-5-9)15(18,19)20/h1-3,9-10,14H,4-8,21H2. The van der Waals surface area contributed by atoms with Gasteiger partial charge in [0.15, 0.2) is 0 Å². The summed E-state index contributed by atoms with van der Waals surface area (Å²) in [7, 11) is 0. The smallest absolute Gasteiger partial charge is 0.327 e. The number of hydrogen-bond acceptors (Lipinski definition) is 1. The summed E-state index contributed by atoms with van der Waals surface area (Å²) in [5, 5.41) is 0. The van der Waals surface area contributed by atoms with E-state index in [9.17, 15) is 22.0 Å². The molecule has 1 unspecified atom stereocenters. The summed E-state index contributed by atoms with van der Waals surface area (Å²) in [5.41, 5.74) is 5.88. The molecule has 1 aromatic rings. The van der Waals surface area contributed by atoms with E-state index < -0.39 is 29.8 Å². The molecule has 1 nitrogen and oxygen atoms in total. The van der Waals surface area contributed by atoms with Gasteiger partial charge in [-0.05, 0) is 50.2 Å². The monoisotopic (exact) mass is 307 g/mol. The first-order valence-electron chi connectivity index (χ1n) is 7.04. The molecule has 1 atom stereocenters. The molecule has 0 spiro atoms. The first-order chi connectivity index (χ1) is 9.79. The number of hydrogen-bond donors (Lipinski definition) is 1. The fraction of sp³-hybridized carbons (Fsp3) is 0.600. The summed E-state index contributed by atoms with van der Waals surface area (Å²) in [4.78, 5) is 0. The fourth-order valence-corrected chi connectivity index (χ4v) is 3.00. The molecule has 118 valence electrons. The Kier molecular flexibility index (Phi) is 4.86. The van der Waals surface area contributed by atoms with E-state index in [1.807, 2.05) is 0 Å². The van der Waals surface area contributed by atoms with E-state index in [0.717, 1.165) is 12.1 Å². The largest absolute Gasteiger partial charge is 0.391 e. The number of alkyl halides is 3. The Labute approximate surface area is 120 Å². The lowest BCUT2D eigenvalue weighted by Gasteiger charge is -2.33. The zero-order chi connectivity index (χ0) is 15.6. The van der Waals surface area contributed by atoms with Crippen molar-refractivity contribution in [2.75, 3.05) is 0 Å². The Bertz CT molecular complexity index is 457. The molecular weight excluding hydrogens is 289 g/mol. The van der Waals surface area contributed by atoms with Gasteiger partial charge in [0.25, 0.3) is 0 Å². The molecule has 21 heavy (non-hydrogen) atoms. The SMILES string of the molecule is NC(Cc1c(F)cccc1F)C1CCC(C(F)(F)F)CC1. The zero-order valence-corrected chi connectivity index (χ0v) is 11.5. The van der Waals surface area contributed by atoms with Gasteiger partial charge in [0.1, 0.15) is 11.6 Å². The molecule has 0 bridgehead atoms. The van der Waals surface area contributed by atoms with Gasteiger partial charge in [0, 0.05) is 11.6 Å². The molecule has 1 aromatic carbocycles. The van der Waals surface area contributed by atoms with E-state index in [4.69, 9.17) is 5.73 Å². The Morgan fingerprint density at radius 2 is 1.57 bits per heavy atom. The fourth-order valence-electron chi connectivity index (χ4n) is 3.00. The van der Waals surface area contributed by atoms with Crippen molar-refractivity contribution in [3.05, 3.63) is 35.4 Å². The second-order valence-electron chi connectivity index (χ2n) is 5.72. The maximum atomic E-state index is 13.6. The van der Waals surface area contributed by atoms with E-state index in [0.29, 0.717) is 12.8 Å². The van der Waals surface area contributed by atoms with Gasteiger partial charge >= 0.3 is 6.18 Å². The van der Waals surface area contributed by atoms with E-state index >= 15 is 0 Å². The topological polar surface area (TPSA) is 26.0 Å². The van der Waals surface area contributed by atoms with Crippen molar-refractivity contribution in [3.63, 3.8) is 0 Å². The molecule has 6 heteroatoms. The van der Waals surface area contributed by atoms with Crippen LogP contribution in [0.3, 0.4) is 0 Å². The quantitative estimate of drug-likeness (QED) is 0.832. The van der Waals surface area contributed by atoms with Crippen LogP contribution in [0, 0.1) is 23.5 Å². The normalized spacial score (nSPS) is 24.9.